The largest absolute Gasteiger partial charge is 0.492 e. The highest BCUT2D eigenvalue weighted by molar-refractivity contribution is 14.0. The van der Waals surface area contributed by atoms with Crippen molar-refractivity contribution in [1.82, 2.24) is 15.6 Å². The van der Waals surface area contributed by atoms with Crippen molar-refractivity contribution in [2.75, 3.05) is 26.7 Å². The van der Waals surface area contributed by atoms with Gasteiger partial charge in [0.05, 0.1) is 6.54 Å². The molecule has 2 rings (SSSR count). The van der Waals surface area contributed by atoms with Gasteiger partial charge >= 0.3 is 0 Å². The highest BCUT2D eigenvalue weighted by atomic mass is 127. The molecule has 0 bridgehead atoms. The summed E-state index contributed by atoms with van der Waals surface area (Å²) in [6.45, 7) is 1.90. The number of aromatic nitrogens is 1. The van der Waals surface area contributed by atoms with Gasteiger partial charge in [0.2, 0.25) is 0 Å². The molecule has 0 aliphatic carbocycles. The minimum Gasteiger partial charge on any atom is -0.492 e. The summed E-state index contributed by atoms with van der Waals surface area (Å²) in [6, 6.07) is 11.1. The molecule has 0 unspecified atom stereocenters. The SMILES string of the molecule is CN=C(NCCOc1cccc(Cl)c1)NCCc1ccc(Cl)nc1.I. The van der Waals surface area contributed by atoms with E-state index in [1.54, 1.807) is 25.4 Å². The van der Waals surface area contributed by atoms with Gasteiger partial charge in [-0.3, -0.25) is 4.99 Å². The van der Waals surface area contributed by atoms with Gasteiger partial charge in [-0.2, -0.15) is 0 Å². The Morgan fingerprint density at radius 1 is 1.16 bits per heavy atom. The number of ether oxygens (including phenoxy) is 1. The molecular formula is C17H21Cl2IN4O. The molecule has 1 aromatic carbocycles. The first kappa shape index (κ1) is 21.8. The van der Waals surface area contributed by atoms with Gasteiger partial charge in [0.25, 0.3) is 0 Å². The lowest BCUT2D eigenvalue weighted by atomic mass is 10.2. The molecule has 1 heterocycles. The summed E-state index contributed by atoms with van der Waals surface area (Å²) in [5.41, 5.74) is 1.12. The molecule has 0 fully saturated rings. The molecule has 0 saturated carbocycles. The van der Waals surface area contributed by atoms with Crippen molar-refractivity contribution < 1.29 is 4.74 Å². The van der Waals surface area contributed by atoms with Crippen molar-refractivity contribution in [2.45, 2.75) is 6.42 Å². The zero-order chi connectivity index (χ0) is 17.2. The van der Waals surface area contributed by atoms with E-state index in [1.165, 1.54) is 0 Å². The molecule has 25 heavy (non-hydrogen) atoms. The number of rotatable bonds is 7. The number of hydrogen-bond acceptors (Lipinski definition) is 3. The maximum Gasteiger partial charge on any atom is 0.191 e. The fourth-order valence-corrected chi connectivity index (χ4v) is 2.29. The summed E-state index contributed by atoms with van der Waals surface area (Å²) in [5, 5.41) is 7.60. The van der Waals surface area contributed by atoms with Crippen LogP contribution in [0.1, 0.15) is 5.56 Å². The molecule has 0 atom stereocenters. The molecule has 0 spiro atoms. The van der Waals surface area contributed by atoms with Crippen LogP contribution in [-0.2, 0) is 6.42 Å². The predicted molar refractivity (Wildman–Crippen MR) is 115 cm³/mol. The van der Waals surface area contributed by atoms with Crippen LogP contribution in [0, 0.1) is 0 Å². The molecule has 0 aliphatic heterocycles. The van der Waals surface area contributed by atoms with Crippen LogP contribution in [0.15, 0.2) is 47.6 Å². The van der Waals surface area contributed by atoms with E-state index in [0.29, 0.717) is 23.3 Å². The van der Waals surface area contributed by atoms with E-state index in [0.717, 1.165) is 30.2 Å². The van der Waals surface area contributed by atoms with Crippen molar-refractivity contribution in [3.63, 3.8) is 0 Å². The maximum absolute atomic E-state index is 5.91. The normalized spacial score (nSPS) is 10.8. The number of benzene rings is 1. The van der Waals surface area contributed by atoms with Crippen LogP contribution < -0.4 is 15.4 Å². The molecular weight excluding hydrogens is 474 g/mol. The number of pyridine rings is 1. The third-order valence-corrected chi connectivity index (χ3v) is 3.64. The second-order valence-corrected chi connectivity index (χ2v) is 5.79. The summed E-state index contributed by atoms with van der Waals surface area (Å²) < 4.78 is 5.62. The maximum atomic E-state index is 5.91. The first-order chi connectivity index (χ1) is 11.7. The lowest BCUT2D eigenvalue weighted by Gasteiger charge is -2.12. The van der Waals surface area contributed by atoms with E-state index in [-0.39, 0.29) is 24.0 Å². The van der Waals surface area contributed by atoms with Crippen molar-refractivity contribution in [1.29, 1.82) is 0 Å². The molecule has 8 heteroatoms. The number of guanidine groups is 1. The summed E-state index contributed by atoms with van der Waals surface area (Å²) >= 11 is 11.7. The van der Waals surface area contributed by atoms with Gasteiger partial charge in [0, 0.05) is 24.8 Å². The number of nitrogens with one attached hydrogen (secondary N) is 2. The van der Waals surface area contributed by atoms with Gasteiger partial charge in [0.1, 0.15) is 17.5 Å². The van der Waals surface area contributed by atoms with Gasteiger partial charge in [-0.25, -0.2) is 4.98 Å². The lowest BCUT2D eigenvalue weighted by Crippen LogP contribution is -2.40. The molecule has 5 nitrogen and oxygen atoms in total. The van der Waals surface area contributed by atoms with E-state index in [9.17, 15) is 0 Å². The molecule has 0 aliphatic rings. The van der Waals surface area contributed by atoms with E-state index < -0.39 is 0 Å². The Labute approximate surface area is 175 Å². The van der Waals surface area contributed by atoms with E-state index in [4.69, 9.17) is 27.9 Å². The minimum atomic E-state index is 0. The Balaban J connectivity index is 0.00000312. The summed E-state index contributed by atoms with van der Waals surface area (Å²) in [6.07, 6.45) is 2.61. The van der Waals surface area contributed by atoms with Crippen LogP contribution in [0.5, 0.6) is 5.75 Å². The molecule has 0 radical (unpaired) electrons. The predicted octanol–water partition coefficient (Wildman–Crippen LogP) is 3.79. The zero-order valence-corrected chi connectivity index (χ0v) is 17.7. The van der Waals surface area contributed by atoms with Crippen LogP contribution in [0.3, 0.4) is 0 Å². The fourth-order valence-electron chi connectivity index (χ4n) is 2.00. The van der Waals surface area contributed by atoms with E-state index in [1.807, 2.05) is 24.3 Å². The Bertz CT molecular complexity index is 668. The third-order valence-electron chi connectivity index (χ3n) is 3.18. The van der Waals surface area contributed by atoms with Crippen LogP contribution in [-0.4, -0.2) is 37.7 Å². The monoisotopic (exact) mass is 494 g/mol. The molecule has 136 valence electrons. The summed E-state index contributed by atoms with van der Waals surface area (Å²) in [5.74, 6) is 1.48. The number of halogens is 3. The quantitative estimate of drug-likeness (QED) is 0.202. The Kier molecular flexibility index (Phi) is 10.6. The van der Waals surface area contributed by atoms with Crippen LogP contribution in [0.2, 0.25) is 10.2 Å². The highest BCUT2D eigenvalue weighted by Crippen LogP contribution is 2.16. The van der Waals surface area contributed by atoms with Gasteiger partial charge < -0.3 is 15.4 Å². The van der Waals surface area contributed by atoms with Gasteiger partial charge in [-0.15, -0.1) is 24.0 Å². The van der Waals surface area contributed by atoms with Crippen molar-refractivity contribution in [3.05, 3.63) is 58.3 Å². The van der Waals surface area contributed by atoms with Crippen molar-refractivity contribution >= 4 is 53.1 Å². The zero-order valence-electron chi connectivity index (χ0n) is 13.8. The summed E-state index contributed by atoms with van der Waals surface area (Å²) in [4.78, 5) is 8.23. The number of hydrogen-bond donors (Lipinski definition) is 2. The first-order valence-electron chi connectivity index (χ1n) is 7.60. The Morgan fingerprint density at radius 2 is 1.96 bits per heavy atom. The second kappa shape index (κ2) is 12.2. The Hall–Kier alpha value is -1.25. The van der Waals surface area contributed by atoms with Gasteiger partial charge in [-0.05, 0) is 36.2 Å². The minimum absolute atomic E-state index is 0. The van der Waals surface area contributed by atoms with Crippen LogP contribution in [0.25, 0.3) is 0 Å². The summed E-state index contributed by atoms with van der Waals surface area (Å²) in [7, 11) is 1.73. The molecule has 0 saturated heterocycles. The molecule has 2 N–H and O–H groups in total. The molecule has 2 aromatic rings. The second-order valence-electron chi connectivity index (χ2n) is 4.97. The molecule has 1 aromatic heterocycles. The van der Waals surface area contributed by atoms with Crippen molar-refractivity contribution in [3.8, 4) is 5.75 Å². The topological polar surface area (TPSA) is 58.5 Å². The lowest BCUT2D eigenvalue weighted by molar-refractivity contribution is 0.322. The standard InChI is InChI=1S/C17H20Cl2N4O.HI/c1-20-17(21-8-7-13-5-6-16(19)23-12-13)22-9-10-24-15-4-2-3-14(18)11-15;/h2-6,11-12H,7-10H2,1H3,(H2,20,21,22);1H. The van der Waals surface area contributed by atoms with Crippen LogP contribution >= 0.6 is 47.2 Å². The van der Waals surface area contributed by atoms with Crippen molar-refractivity contribution in [2.24, 2.45) is 4.99 Å². The van der Waals surface area contributed by atoms with E-state index in [2.05, 4.69) is 20.6 Å². The van der Waals surface area contributed by atoms with E-state index >= 15 is 0 Å². The average molecular weight is 495 g/mol. The molecule has 0 amide bonds. The number of nitrogens with zero attached hydrogens (tertiary/aromatic N) is 2. The Morgan fingerprint density at radius 3 is 2.64 bits per heavy atom. The smallest absolute Gasteiger partial charge is 0.191 e. The number of aliphatic imine (C=N–C) groups is 1. The van der Waals surface area contributed by atoms with Crippen LogP contribution in [0.4, 0.5) is 0 Å². The average Bonchev–Trinajstić information content (AvgIpc) is 2.59. The first-order valence-corrected chi connectivity index (χ1v) is 8.36. The third kappa shape index (κ3) is 8.60. The highest BCUT2D eigenvalue weighted by Gasteiger charge is 1.99. The van der Waals surface area contributed by atoms with Gasteiger partial charge in [0.15, 0.2) is 5.96 Å². The fraction of sp³-hybridized carbons (Fsp3) is 0.294. The van der Waals surface area contributed by atoms with Gasteiger partial charge in [-0.1, -0.05) is 35.3 Å².